The first-order valence-electron chi connectivity index (χ1n) is 9.28. The van der Waals surface area contributed by atoms with Crippen LogP contribution in [-0.4, -0.2) is 64.6 Å². The molecule has 1 aromatic heterocycles. The zero-order valence-corrected chi connectivity index (χ0v) is 15.8. The quantitative estimate of drug-likeness (QED) is 0.681. The summed E-state index contributed by atoms with van der Waals surface area (Å²) in [6, 6.07) is 5.98. The van der Waals surface area contributed by atoms with Crippen molar-refractivity contribution >= 4 is 11.8 Å². The molecule has 1 atom stereocenters. The predicted molar refractivity (Wildman–Crippen MR) is 99.1 cm³/mol. The number of benzene rings is 1. The summed E-state index contributed by atoms with van der Waals surface area (Å²) < 4.78 is 19.5. The molecule has 0 aliphatic carbocycles. The van der Waals surface area contributed by atoms with E-state index in [1.807, 2.05) is 4.90 Å². The fourth-order valence-electron chi connectivity index (χ4n) is 3.30. The van der Waals surface area contributed by atoms with Crippen LogP contribution >= 0.6 is 0 Å². The molecule has 3 rings (SSSR count). The van der Waals surface area contributed by atoms with Crippen LogP contribution in [0, 0.1) is 5.82 Å². The van der Waals surface area contributed by atoms with E-state index < -0.39 is 0 Å². The van der Waals surface area contributed by atoms with Gasteiger partial charge in [-0.1, -0.05) is 17.3 Å². The van der Waals surface area contributed by atoms with Gasteiger partial charge in [-0.15, -0.1) is 5.10 Å². The summed E-state index contributed by atoms with van der Waals surface area (Å²) in [5.74, 6) is -0.616. The van der Waals surface area contributed by atoms with Gasteiger partial charge < -0.3 is 15.0 Å². The number of aromatic nitrogens is 3. The van der Waals surface area contributed by atoms with Crippen molar-refractivity contribution in [3.63, 3.8) is 0 Å². The number of carbonyl (C=O) groups is 2. The largest absolute Gasteiger partial charge is 0.383 e. The topological polar surface area (TPSA) is 89.4 Å². The Morgan fingerprint density at radius 1 is 1.32 bits per heavy atom. The molecule has 8 nitrogen and oxygen atoms in total. The second-order valence-corrected chi connectivity index (χ2v) is 6.76. The predicted octanol–water partition coefficient (Wildman–Crippen LogP) is 1.03. The van der Waals surface area contributed by atoms with Crippen LogP contribution in [0.1, 0.15) is 28.9 Å². The van der Waals surface area contributed by atoms with Gasteiger partial charge in [-0.25, -0.2) is 9.07 Å². The van der Waals surface area contributed by atoms with Crippen molar-refractivity contribution in [2.75, 3.05) is 26.8 Å². The highest BCUT2D eigenvalue weighted by Crippen LogP contribution is 2.20. The number of amides is 2. The Morgan fingerprint density at radius 3 is 2.86 bits per heavy atom. The molecule has 1 aliphatic heterocycles. The highest BCUT2D eigenvalue weighted by molar-refractivity contribution is 5.91. The maximum Gasteiger partial charge on any atom is 0.273 e. The summed E-state index contributed by atoms with van der Waals surface area (Å²) in [5.41, 5.74) is 1.02. The van der Waals surface area contributed by atoms with Crippen LogP contribution in [-0.2, 0) is 22.5 Å². The lowest BCUT2D eigenvalue weighted by molar-refractivity contribution is -0.131. The number of ether oxygens (including phenoxy) is 1. The lowest BCUT2D eigenvalue weighted by Crippen LogP contribution is -2.39. The van der Waals surface area contributed by atoms with E-state index in [2.05, 4.69) is 15.6 Å². The summed E-state index contributed by atoms with van der Waals surface area (Å²) >= 11 is 0. The molecule has 1 aliphatic rings. The minimum Gasteiger partial charge on any atom is -0.383 e. The van der Waals surface area contributed by atoms with Gasteiger partial charge in [-0.2, -0.15) is 0 Å². The van der Waals surface area contributed by atoms with Crippen LogP contribution in [0.25, 0.3) is 0 Å². The van der Waals surface area contributed by atoms with Gasteiger partial charge in [0.15, 0.2) is 5.69 Å². The van der Waals surface area contributed by atoms with E-state index in [0.717, 1.165) is 18.4 Å². The number of halogens is 1. The fraction of sp³-hybridized carbons (Fsp3) is 0.474. The number of nitrogens with one attached hydrogen (secondary N) is 1. The summed E-state index contributed by atoms with van der Waals surface area (Å²) in [7, 11) is 1.56. The maximum atomic E-state index is 13.0. The number of rotatable bonds is 8. The average Bonchev–Trinajstić information content (AvgIpc) is 3.34. The molecule has 0 radical (unpaired) electrons. The van der Waals surface area contributed by atoms with E-state index in [9.17, 15) is 14.0 Å². The van der Waals surface area contributed by atoms with Gasteiger partial charge >= 0.3 is 0 Å². The molecule has 2 heterocycles. The summed E-state index contributed by atoms with van der Waals surface area (Å²) in [5, 5.41) is 10.6. The van der Waals surface area contributed by atoms with Crippen LogP contribution in [0.5, 0.6) is 0 Å². The Balaban J connectivity index is 1.57. The molecule has 2 aromatic rings. The smallest absolute Gasteiger partial charge is 0.273 e. The van der Waals surface area contributed by atoms with Crippen LogP contribution < -0.4 is 5.32 Å². The van der Waals surface area contributed by atoms with Gasteiger partial charge in [0.2, 0.25) is 5.91 Å². The lowest BCUT2D eigenvalue weighted by atomic mass is 10.1. The molecule has 0 saturated carbocycles. The molecule has 1 saturated heterocycles. The number of methoxy groups -OCH3 is 1. The molecule has 0 spiro atoms. The molecular weight excluding hydrogens is 365 g/mol. The van der Waals surface area contributed by atoms with E-state index >= 15 is 0 Å². The third kappa shape index (κ3) is 5.13. The number of nitrogens with zero attached hydrogens (tertiary/aromatic N) is 4. The third-order valence-corrected chi connectivity index (χ3v) is 4.73. The van der Waals surface area contributed by atoms with Crippen LogP contribution in [0.15, 0.2) is 30.5 Å². The van der Waals surface area contributed by atoms with E-state index in [1.165, 1.54) is 12.1 Å². The average molecular weight is 389 g/mol. The van der Waals surface area contributed by atoms with Gasteiger partial charge in [0.1, 0.15) is 5.82 Å². The zero-order chi connectivity index (χ0) is 19.9. The minimum atomic E-state index is -0.316. The van der Waals surface area contributed by atoms with Crippen LogP contribution in [0.2, 0.25) is 0 Å². The van der Waals surface area contributed by atoms with Gasteiger partial charge in [0.25, 0.3) is 5.91 Å². The van der Waals surface area contributed by atoms with Gasteiger partial charge in [0.05, 0.1) is 31.8 Å². The Bertz CT molecular complexity index is 808. The highest BCUT2D eigenvalue weighted by atomic mass is 19.1. The van der Waals surface area contributed by atoms with Crippen molar-refractivity contribution in [1.29, 1.82) is 0 Å². The van der Waals surface area contributed by atoms with Crippen molar-refractivity contribution in [1.82, 2.24) is 25.2 Å². The number of likely N-dealkylation sites (tertiary alicyclic amines) is 1. The Hall–Kier alpha value is -2.81. The van der Waals surface area contributed by atoms with Gasteiger partial charge in [0, 0.05) is 20.2 Å². The van der Waals surface area contributed by atoms with E-state index in [4.69, 9.17) is 4.74 Å². The molecular formula is C19H24FN5O3. The SMILES string of the molecule is COCCNC(=O)c1cn(C[C@@H]2CCCN2C(=O)Cc2ccc(F)cc2)nn1. The van der Waals surface area contributed by atoms with Crippen LogP contribution in [0.4, 0.5) is 4.39 Å². The van der Waals surface area contributed by atoms with Crippen molar-refractivity contribution < 1.29 is 18.7 Å². The van der Waals surface area contributed by atoms with Crippen molar-refractivity contribution in [3.8, 4) is 0 Å². The molecule has 1 aromatic carbocycles. The second-order valence-electron chi connectivity index (χ2n) is 6.76. The van der Waals surface area contributed by atoms with Gasteiger partial charge in [-0.05, 0) is 30.5 Å². The Morgan fingerprint density at radius 2 is 2.11 bits per heavy atom. The molecule has 0 bridgehead atoms. The summed E-state index contributed by atoms with van der Waals surface area (Å²) in [4.78, 5) is 26.5. The second kappa shape index (κ2) is 9.41. The van der Waals surface area contributed by atoms with Crippen molar-refractivity contribution in [2.24, 2.45) is 0 Å². The van der Waals surface area contributed by atoms with Gasteiger partial charge in [-0.3, -0.25) is 9.59 Å². The number of carbonyl (C=O) groups excluding carboxylic acids is 2. The normalized spacial score (nSPS) is 16.4. The standard InChI is InChI=1S/C19H24FN5O3/c1-28-10-8-21-19(27)17-13-24(23-22-17)12-16-3-2-9-25(16)18(26)11-14-4-6-15(20)7-5-14/h4-7,13,16H,2-3,8-12H2,1H3,(H,21,27)/t16-/m0/s1. The third-order valence-electron chi connectivity index (χ3n) is 4.73. The lowest BCUT2D eigenvalue weighted by Gasteiger charge is -2.24. The minimum absolute atomic E-state index is 0.000879. The maximum absolute atomic E-state index is 13.0. The first-order valence-corrected chi connectivity index (χ1v) is 9.28. The summed E-state index contributed by atoms with van der Waals surface area (Å²) in [6.07, 6.45) is 3.60. The molecule has 1 fully saturated rings. The fourth-order valence-corrected chi connectivity index (χ4v) is 3.30. The van der Waals surface area contributed by atoms with Crippen LogP contribution in [0.3, 0.4) is 0 Å². The van der Waals surface area contributed by atoms with Crippen molar-refractivity contribution in [2.45, 2.75) is 31.8 Å². The van der Waals surface area contributed by atoms with E-state index in [-0.39, 0.29) is 35.8 Å². The Kier molecular flexibility index (Phi) is 6.70. The van der Waals surface area contributed by atoms with Crippen molar-refractivity contribution in [3.05, 3.63) is 47.5 Å². The molecule has 9 heteroatoms. The monoisotopic (exact) mass is 389 g/mol. The van der Waals surface area contributed by atoms with E-state index in [1.54, 1.807) is 30.1 Å². The number of hydrogen-bond donors (Lipinski definition) is 1. The van der Waals surface area contributed by atoms with E-state index in [0.29, 0.717) is 26.2 Å². The molecule has 0 unspecified atom stereocenters. The summed E-state index contributed by atoms with van der Waals surface area (Å²) in [6.45, 7) is 1.99. The zero-order valence-electron chi connectivity index (χ0n) is 15.8. The number of hydrogen-bond acceptors (Lipinski definition) is 5. The molecule has 1 N–H and O–H groups in total. The first-order chi connectivity index (χ1) is 13.6. The Labute approximate surface area is 162 Å². The molecule has 28 heavy (non-hydrogen) atoms. The molecule has 2 amide bonds. The first kappa shape index (κ1) is 19.9. The molecule has 150 valence electrons. The highest BCUT2D eigenvalue weighted by Gasteiger charge is 2.29.